The fourth-order valence-corrected chi connectivity index (χ4v) is 3.56. The summed E-state index contributed by atoms with van der Waals surface area (Å²) in [7, 11) is 1.66. The van der Waals surface area contributed by atoms with Crippen LogP contribution in [-0.4, -0.2) is 56.5 Å². The minimum absolute atomic E-state index is 0.0144. The van der Waals surface area contributed by atoms with E-state index in [4.69, 9.17) is 4.74 Å². The lowest BCUT2D eigenvalue weighted by atomic mass is 10.1. The normalized spacial score (nSPS) is 14.0. The summed E-state index contributed by atoms with van der Waals surface area (Å²) in [5, 5.41) is 2.75. The van der Waals surface area contributed by atoms with Gasteiger partial charge < -0.3 is 19.9 Å². The van der Waals surface area contributed by atoms with Gasteiger partial charge in [0.1, 0.15) is 5.75 Å². The molecule has 6 nitrogen and oxygen atoms in total. The Hall–Kier alpha value is -3.02. The van der Waals surface area contributed by atoms with E-state index < -0.39 is 0 Å². The molecule has 148 valence electrons. The highest BCUT2D eigenvalue weighted by atomic mass is 16.5. The maximum Gasteiger partial charge on any atom is 0.251 e. The number of ether oxygens (including phenoxy) is 1. The molecule has 0 radical (unpaired) electrons. The monoisotopic (exact) mass is 381 g/mol. The molecule has 3 rings (SSSR count). The number of hydrogen-bond donors (Lipinski definition) is 1. The standard InChI is InChI=1S/C22H27N3O3/c1-16-12-17(2)14-18(13-16)22(27)23-15-21(26)25-10-8-24(9-11-25)19-6-4-5-7-20(19)28-3/h4-7,12-14H,8-11,15H2,1-3H3,(H,23,27). The van der Waals surface area contributed by atoms with E-state index in [-0.39, 0.29) is 18.4 Å². The van der Waals surface area contributed by atoms with Crippen molar-refractivity contribution in [2.75, 3.05) is 44.7 Å². The summed E-state index contributed by atoms with van der Waals surface area (Å²) >= 11 is 0. The van der Waals surface area contributed by atoms with Crippen molar-refractivity contribution in [3.05, 3.63) is 59.2 Å². The van der Waals surface area contributed by atoms with E-state index >= 15 is 0 Å². The molecule has 0 spiro atoms. The van der Waals surface area contributed by atoms with Crippen LogP contribution in [0, 0.1) is 13.8 Å². The summed E-state index contributed by atoms with van der Waals surface area (Å²) in [4.78, 5) is 28.9. The number of methoxy groups -OCH3 is 1. The number of amides is 2. The second-order valence-electron chi connectivity index (χ2n) is 7.10. The van der Waals surface area contributed by atoms with Gasteiger partial charge in [0.25, 0.3) is 5.91 Å². The molecule has 2 aromatic carbocycles. The van der Waals surface area contributed by atoms with Gasteiger partial charge >= 0.3 is 0 Å². The summed E-state index contributed by atoms with van der Waals surface area (Å²) in [5.41, 5.74) is 3.69. The molecule has 1 saturated heterocycles. The van der Waals surface area contributed by atoms with Crippen molar-refractivity contribution in [2.45, 2.75) is 13.8 Å². The van der Waals surface area contributed by atoms with Gasteiger partial charge in [-0.25, -0.2) is 0 Å². The van der Waals surface area contributed by atoms with E-state index in [1.165, 1.54) is 0 Å². The van der Waals surface area contributed by atoms with Crippen molar-refractivity contribution < 1.29 is 14.3 Å². The predicted molar refractivity (Wildman–Crippen MR) is 110 cm³/mol. The third kappa shape index (κ3) is 4.63. The molecule has 0 saturated carbocycles. The lowest BCUT2D eigenvalue weighted by molar-refractivity contribution is -0.130. The van der Waals surface area contributed by atoms with E-state index in [0.717, 1.165) is 35.7 Å². The molecule has 0 bridgehead atoms. The molecule has 1 N–H and O–H groups in total. The topological polar surface area (TPSA) is 61.9 Å². The van der Waals surface area contributed by atoms with Crippen LogP contribution in [0.25, 0.3) is 0 Å². The van der Waals surface area contributed by atoms with Gasteiger partial charge in [-0.05, 0) is 38.1 Å². The third-order valence-corrected chi connectivity index (χ3v) is 4.94. The minimum Gasteiger partial charge on any atom is -0.495 e. The van der Waals surface area contributed by atoms with Gasteiger partial charge in [-0.3, -0.25) is 9.59 Å². The number of benzene rings is 2. The first-order chi connectivity index (χ1) is 13.5. The first-order valence-electron chi connectivity index (χ1n) is 9.50. The van der Waals surface area contributed by atoms with Gasteiger partial charge in [0.05, 0.1) is 19.3 Å². The van der Waals surface area contributed by atoms with E-state index in [2.05, 4.69) is 10.2 Å². The molecule has 2 amide bonds. The molecule has 1 heterocycles. The third-order valence-electron chi connectivity index (χ3n) is 4.94. The van der Waals surface area contributed by atoms with Gasteiger partial charge in [0.15, 0.2) is 0 Å². The molecule has 1 fully saturated rings. The van der Waals surface area contributed by atoms with E-state index in [9.17, 15) is 9.59 Å². The lowest BCUT2D eigenvalue weighted by Gasteiger charge is -2.36. The number of aryl methyl sites for hydroxylation is 2. The molecule has 2 aromatic rings. The van der Waals surface area contributed by atoms with Gasteiger partial charge in [0, 0.05) is 31.7 Å². The fraction of sp³-hybridized carbons (Fsp3) is 0.364. The predicted octanol–water partition coefficient (Wildman–Crippen LogP) is 2.39. The van der Waals surface area contributed by atoms with Crippen LogP contribution >= 0.6 is 0 Å². The first-order valence-corrected chi connectivity index (χ1v) is 9.50. The lowest BCUT2D eigenvalue weighted by Crippen LogP contribution is -2.51. The quantitative estimate of drug-likeness (QED) is 0.864. The molecule has 0 atom stereocenters. The second-order valence-corrected chi connectivity index (χ2v) is 7.10. The van der Waals surface area contributed by atoms with Gasteiger partial charge in [-0.1, -0.05) is 29.3 Å². The van der Waals surface area contributed by atoms with Crippen molar-refractivity contribution in [3.63, 3.8) is 0 Å². The Balaban J connectivity index is 1.52. The Kier molecular flexibility index (Phi) is 6.19. The number of carbonyl (C=O) groups excluding carboxylic acids is 2. The summed E-state index contributed by atoms with van der Waals surface area (Å²) in [6, 6.07) is 13.6. The Morgan fingerprint density at radius 1 is 1.00 bits per heavy atom. The van der Waals surface area contributed by atoms with Crippen LogP contribution in [0.1, 0.15) is 21.5 Å². The number of anilines is 1. The number of nitrogens with zero attached hydrogens (tertiary/aromatic N) is 2. The first kappa shape index (κ1) is 19.7. The fourth-order valence-electron chi connectivity index (χ4n) is 3.56. The molecule has 1 aliphatic rings. The van der Waals surface area contributed by atoms with Crippen LogP contribution in [0.3, 0.4) is 0 Å². The Morgan fingerprint density at radius 2 is 1.64 bits per heavy atom. The number of rotatable bonds is 5. The summed E-state index contributed by atoms with van der Waals surface area (Å²) in [6.45, 7) is 6.63. The summed E-state index contributed by atoms with van der Waals surface area (Å²) < 4.78 is 5.43. The molecule has 1 aliphatic heterocycles. The number of piperazine rings is 1. The van der Waals surface area contributed by atoms with Gasteiger partial charge in [-0.15, -0.1) is 0 Å². The zero-order chi connectivity index (χ0) is 20.1. The van der Waals surface area contributed by atoms with E-state index in [1.54, 1.807) is 12.0 Å². The Bertz CT molecular complexity index is 838. The van der Waals surface area contributed by atoms with Gasteiger partial charge in [-0.2, -0.15) is 0 Å². The average molecular weight is 381 g/mol. The number of carbonyl (C=O) groups is 2. The number of hydrogen-bond acceptors (Lipinski definition) is 4. The maximum atomic E-state index is 12.5. The molecular weight excluding hydrogens is 354 g/mol. The van der Waals surface area contributed by atoms with E-state index in [1.807, 2.05) is 56.3 Å². The van der Waals surface area contributed by atoms with Crippen LogP contribution in [0.15, 0.2) is 42.5 Å². The molecule has 0 aromatic heterocycles. The van der Waals surface area contributed by atoms with Crippen molar-refractivity contribution in [2.24, 2.45) is 0 Å². The highest BCUT2D eigenvalue weighted by Gasteiger charge is 2.23. The largest absolute Gasteiger partial charge is 0.495 e. The van der Waals surface area contributed by atoms with Crippen LogP contribution in [0.4, 0.5) is 5.69 Å². The highest BCUT2D eigenvalue weighted by Crippen LogP contribution is 2.28. The summed E-state index contributed by atoms with van der Waals surface area (Å²) in [6.07, 6.45) is 0. The highest BCUT2D eigenvalue weighted by molar-refractivity contribution is 5.96. The van der Waals surface area contributed by atoms with Crippen molar-refractivity contribution in [3.8, 4) is 5.75 Å². The molecule has 28 heavy (non-hydrogen) atoms. The zero-order valence-corrected chi connectivity index (χ0v) is 16.7. The van der Waals surface area contributed by atoms with Gasteiger partial charge in [0.2, 0.25) is 5.91 Å². The SMILES string of the molecule is COc1ccccc1N1CCN(C(=O)CNC(=O)c2cc(C)cc(C)c2)CC1. The molecular formula is C22H27N3O3. The van der Waals surface area contributed by atoms with E-state index in [0.29, 0.717) is 18.7 Å². The Morgan fingerprint density at radius 3 is 2.29 bits per heavy atom. The van der Waals surface area contributed by atoms with Crippen molar-refractivity contribution >= 4 is 17.5 Å². The molecule has 0 aliphatic carbocycles. The Labute approximate surface area is 166 Å². The maximum absolute atomic E-state index is 12.5. The summed E-state index contributed by atoms with van der Waals surface area (Å²) in [5.74, 6) is 0.563. The van der Waals surface area contributed by atoms with Crippen molar-refractivity contribution in [1.82, 2.24) is 10.2 Å². The van der Waals surface area contributed by atoms with Crippen LogP contribution in [0.2, 0.25) is 0 Å². The second kappa shape index (κ2) is 8.78. The zero-order valence-electron chi connectivity index (χ0n) is 16.7. The van der Waals surface area contributed by atoms with Crippen LogP contribution < -0.4 is 15.0 Å². The van der Waals surface area contributed by atoms with Crippen LogP contribution in [0.5, 0.6) is 5.75 Å². The molecule has 0 unspecified atom stereocenters. The van der Waals surface area contributed by atoms with Crippen molar-refractivity contribution in [1.29, 1.82) is 0 Å². The van der Waals surface area contributed by atoms with Crippen LogP contribution in [-0.2, 0) is 4.79 Å². The average Bonchev–Trinajstić information content (AvgIpc) is 2.71. The number of nitrogens with one attached hydrogen (secondary N) is 1. The minimum atomic E-state index is -0.215. The smallest absolute Gasteiger partial charge is 0.251 e. The number of para-hydroxylation sites is 2. The molecule has 6 heteroatoms.